The molecule has 0 aliphatic carbocycles. The van der Waals surface area contributed by atoms with Gasteiger partial charge in [0.05, 0.1) is 0 Å². The Kier molecular flexibility index (Phi) is 5.53. The van der Waals surface area contributed by atoms with Crippen LogP contribution in [0.2, 0.25) is 0 Å². The minimum absolute atomic E-state index is 0.0208. The highest BCUT2D eigenvalue weighted by molar-refractivity contribution is 6.19. The van der Waals surface area contributed by atoms with Crippen LogP contribution in [0, 0.1) is 11.3 Å². The van der Waals surface area contributed by atoms with E-state index in [1.165, 1.54) is 14.1 Å². The Morgan fingerprint density at radius 1 is 0.811 bits per heavy atom. The third-order valence-corrected chi connectivity index (χ3v) is 8.42. The standard InChI is InChI=1S/C29H30N4O4/c1-30-26(35)29(27(36)31(2)28(30)37,14-21-9-5-8-20-7-3-4-10-23(20)21)18-32-15-19-13-22(17-32)24-11-6-12-25(34)33(24)16-19/h3-12,19,22H,13-18H2,1-2H3/t19-,22-/m1/s1. The summed E-state index contributed by atoms with van der Waals surface area (Å²) in [4.78, 5) is 57.3. The molecule has 6 rings (SSSR count). The SMILES string of the molecule is CN1C(=O)N(C)C(=O)C(Cc2cccc3ccccc23)(CN2C[C@H]3C[C@H](C2)c2cccc(=O)n2C3)C1=O. The van der Waals surface area contributed by atoms with Gasteiger partial charge in [0.2, 0.25) is 11.8 Å². The largest absolute Gasteiger partial charge is 0.332 e. The summed E-state index contributed by atoms with van der Waals surface area (Å²) in [6.07, 6.45) is 1.19. The van der Waals surface area contributed by atoms with Gasteiger partial charge in [0.25, 0.3) is 5.56 Å². The van der Waals surface area contributed by atoms with E-state index in [0.717, 1.165) is 38.3 Å². The van der Waals surface area contributed by atoms with Gasteiger partial charge in [0.1, 0.15) is 5.41 Å². The number of benzene rings is 2. The van der Waals surface area contributed by atoms with Crippen molar-refractivity contribution in [1.82, 2.24) is 19.3 Å². The van der Waals surface area contributed by atoms with Crippen LogP contribution in [0.3, 0.4) is 0 Å². The topological polar surface area (TPSA) is 82.9 Å². The number of hydrogen-bond donors (Lipinski definition) is 0. The lowest BCUT2D eigenvalue weighted by Gasteiger charge is -2.48. The number of fused-ring (bicyclic) bond motifs is 5. The molecular weight excluding hydrogens is 468 g/mol. The third kappa shape index (κ3) is 3.70. The van der Waals surface area contributed by atoms with E-state index < -0.39 is 23.3 Å². The zero-order valence-corrected chi connectivity index (χ0v) is 21.1. The first kappa shape index (κ1) is 23.6. The summed E-state index contributed by atoms with van der Waals surface area (Å²) in [5.41, 5.74) is 0.517. The van der Waals surface area contributed by atoms with Crippen molar-refractivity contribution in [3.05, 3.63) is 82.3 Å². The lowest BCUT2D eigenvalue weighted by Crippen LogP contribution is -2.67. The predicted molar refractivity (Wildman–Crippen MR) is 139 cm³/mol. The highest BCUT2D eigenvalue weighted by Gasteiger charge is 2.56. The highest BCUT2D eigenvalue weighted by Crippen LogP contribution is 2.40. The molecule has 0 saturated carbocycles. The minimum Gasteiger partial charge on any atom is -0.312 e. The van der Waals surface area contributed by atoms with Crippen molar-refractivity contribution in [3.63, 3.8) is 0 Å². The Morgan fingerprint density at radius 2 is 1.51 bits per heavy atom. The molecule has 0 unspecified atom stereocenters. The molecule has 37 heavy (non-hydrogen) atoms. The Bertz CT molecular complexity index is 1470. The van der Waals surface area contributed by atoms with Crippen molar-refractivity contribution in [1.29, 1.82) is 0 Å². The van der Waals surface area contributed by atoms with Crippen molar-refractivity contribution < 1.29 is 14.4 Å². The number of likely N-dealkylation sites (tertiary alicyclic amines) is 1. The van der Waals surface area contributed by atoms with Crippen LogP contribution in [0.25, 0.3) is 10.8 Å². The molecule has 2 bridgehead atoms. The van der Waals surface area contributed by atoms with E-state index in [1.807, 2.05) is 53.1 Å². The first-order chi connectivity index (χ1) is 17.8. The number of carbonyl (C=O) groups excluding carboxylic acids is 3. The van der Waals surface area contributed by atoms with Gasteiger partial charge >= 0.3 is 6.03 Å². The maximum absolute atomic E-state index is 13.9. The van der Waals surface area contributed by atoms with Crippen LogP contribution in [-0.4, -0.2) is 70.8 Å². The van der Waals surface area contributed by atoms with Gasteiger partial charge < -0.3 is 9.47 Å². The van der Waals surface area contributed by atoms with Gasteiger partial charge in [-0.3, -0.25) is 24.2 Å². The summed E-state index contributed by atoms with van der Waals surface area (Å²) in [6, 6.07) is 18.7. The Morgan fingerprint density at radius 3 is 2.30 bits per heavy atom. The molecule has 2 atom stereocenters. The average Bonchev–Trinajstić information content (AvgIpc) is 2.90. The summed E-state index contributed by atoms with van der Waals surface area (Å²) in [5, 5.41) is 2.04. The second kappa shape index (κ2) is 8.66. The van der Waals surface area contributed by atoms with Crippen molar-refractivity contribution in [2.75, 3.05) is 33.7 Å². The molecule has 8 heteroatoms. The van der Waals surface area contributed by atoms with Crippen molar-refractivity contribution in [3.8, 4) is 0 Å². The second-order valence-corrected chi connectivity index (χ2v) is 10.8. The van der Waals surface area contributed by atoms with Gasteiger partial charge in [-0.1, -0.05) is 48.5 Å². The van der Waals surface area contributed by atoms with E-state index in [1.54, 1.807) is 12.1 Å². The van der Waals surface area contributed by atoms with Gasteiger partial charge in [-0.05, 0) is 41.2 Å². The second-order valence-electron chi connectivity index (χ2n) is 10.8. The van der Waals surface area contributed by atoms with E-state index in [0.29, 0.717) is 19.6 Å². The summed E-state index contributed by atoms with van der Waals surface area (Å²) < 4.78 is 1.87. The molecule has 2 saturated heterocycles. The van der Waals surface area contributed by atoms with Gasteiger partial charge in [0, 0.05) is 58.0 Å². The number of imide groups is 2. The number of barbiturate groups is 1. The Labute approximate surface area is 215 Å². The summed E-state index contributed by atoms with van der Waals surface area (Å²) in [5.74, 6) is -0.504. The molecule has 0 N–H and O–H groups in total. The number of amides is 4. The summed E-state index contributed by atoms with van der Waals surface area (Å²) in [6.45, 7) is 2.20. The van der Waals surface area contributed by atoms with Crippen LogP contribution in [0.4, 0.5) is 4.79 Å². The van der Waals surface area contributed by atoms with Crippen LogP contribution >= 0.6 is 0 Å². The molecule has 3 aromatic rings. The Hall–Kier alpha value is -3.78. The molecule has 8 nitrogen and oxygen atoms in total. The number of piperidine rings is 1. The normalized spacial score (nSPS) is 23.5. The van der Waals surface area contributed by atoms with Crippen LogP contribution in [0.1, 0.15) is 23.6 Å². The van der Waals surface area contributed by atoms with E-state index >= 15 is 0 Å². The van der Waals surface area contributed by atoms with E-state index in [9.17, 15) is 19.2 Å². The quantitative estimate of drug-likeness (QED) is 0.517. The lowest BCUT2D eigenvalue weighted by atomic mass is 9.74. The molecule has 4 amide bonds. The first-order valence-corrected chi connectivity index (χ1v) is 12.8. The number of pyridine rings is 1. The summed E-state index contributed by atoms with van der Waals surface area (Å²) >= 11 is 0. The fourth-order valence-corrected chi connectivity index (χ4v) is 6.75. The van der Waals surface area contributed by atoms with Crippen LogP contribution < -0.4 is 5.56 Å². The number of nitrogens with zero attached hydrogens (tertiary/aromatic N) is 4. The fraction of sp³-hybridized carbons (Fsp3) is 0.379. The number of aromatic nitrogens is 1. The van der Waals surface area contributed by atoms with Crippen LogP contribution in [-0.2, 0) is 22.6 Å². The maximum Gasteiger partial charge on any atom is 0.332 e. The number of carbonyl (C=O) groups is 3. The molecule has 2 fully saturated rings. The smallest absolute Gasteiger partial charge is 0.312 e. The fourth-order valence-electron chi connectivity index (χ4n) is 6.75. The zero-order chi connectivity index (χ0) is 25.9. The van der Waals surface area contributed by atoms with Gasteiger partial charge in [-0.2, -0.15) is 0 Å². The molecule has 3 aliphatic rings. The molecule has 0 spiro atoms. The van der Waals surface area contributed by atoms with Crippen LogP contribution in [0.5, 0.6) is 0 Å². The molecule has 0 radical (unpaired) electrons. The molecule has 190 valence electrons. The van der Waals surface area contributed by atoms with E-state index in [4.69, 9.17) is 0 Å². The first-order valence-electron chi connectivity index (χ1n) is 12.8. The third-order valence-electron chi connectivity index (χ3n) is 8.42. The molecule has 1 aromatic heterocycles. The van der Waals surface area contributed by atoms with Gasteiger partial charge in [-0.15, -0.1) is 0 Å². The van der Waals surface area contributed by atoms with Gasteiger partial charge in [0.15, 0.2) is 0 Å². The number of hydrogen-bond acceptors (Lipinski definition) is 5. The zero-order valence-electron chi connectivity index (χ0n) is 21.1. The molecular formula is C29H30N4O4. The predicted octanol–water partition coefficient (Wildman–Crippen LogP) is 2.70. The van der Waals surface area contributed by atoms with E-state index in [2.05, 4.69) is 4.90 Å². The van der Waals surface area contributed by atoms with Gasteiger partial charge in [-0.25, -0.2) is 4.79 Å². The molecule has 2 aromatic carbocycles. The summed E-state index contributed by atoms with van der Waals surface area (Å²) in [7, 11) is 2.91. The Balaban J connectivity index is 1.40. The van der Waals surface area contributed by atoms with Crippen molar-refractivity contribution in [2.24, 2.45) is 11.3 Å². The number of urea groups is 1. The monoisotopic (exact) mass is 498 g/mol. The number of rotatable bonds is 4. The van der Waals surface area contributed by atoms with Crippen molar-refractivity contribution >= 4 is 28.6 Å². The lowest BCUT2D eigenvalue weighted by molar-refractivity contribution is -0.159. The van der Waals surface area contributed by atoms with Crippen LogP contribution in [0.15, 0.2) is 65.5 Å². The highest BCUT2D eigenvalue weighted by atomic mass is 16.2. The molecule has 3 aliphatic heterocycles. The van der Waals surface area contributed by atoms with E-state index in [-0.39, 0.29) is 30.4 Å². The maximum atomic E-state index is 13.9. The average molecular weight is 499 g/mol. The minimum atomic E-state index is -1.43. The van der Waals surface area contributed by atoms with Crippen molar-refractivity contribution in [2.45, 2.75) is 25.3 Å². The molecule has 4 heterocycles.